The van der Waals surface area contributed by atoms with Crippen LogP contribution in [0.1, 0.15) is 6.42 Å². The summed E-state index contributed by atoms with van der Waals surface area (Å²) in [6.45, 7) is 2.08. The van der Waals surface area contributed by atoms with Gasteiger partial charge in [-0.05, 0) is 35.1 Å². The molecule has 0 atom stereocenters. The van der Waals surface area contributed by atoms with Crippen molar-refractivity contribution in [1.82, 2.24) is 0 Å². The minimum absolute atomic E-state index is 0.333. The minimum atomic E-state index is -0.333. The number of nitrogen functional groups attached to an aromatic ring is 1. The number of nitrogens with two attached hydrogens (primary N) is 1. The summed E-state index contributed by atoms with van der Waals surface area (Å²) < 4.78 is 29.3. The molecule has 0 saturated carbocycles. The van der Waals surface area contributed by atoms with Crippen LogP contribution >= 0.6 is 22.6 Å². The molecule has 1 aromatic rings. The number of hydrogen-bond donors (Lipinski definition) is 1. The Balaban J connectivity index is 2.25. The van der Waals surface area contributed by atoms with Crippen LogP contribution in [0.3, 0.4) is 0 Å². The second-order valence-electron chi connectivity index (χ2n) is 3.61. The lowest BCUT2D eigenvalue weighted by molar-refractivity contribution is 0.0807. The molecule has 102 valence electrons. The van der Waals surface area contributed by atoms with Gasteiger partial charge in [0.25, 0.3) is 0 Å². The summed E-state index contributed by atoms with van der Waals surface area (Å²) in [5.41, 5.74) is 6.15. The lowest BCUT2D eigenvalue weighted by Crippen LogP contribution is -2.09. The van der Waals surface area contributed by atoms with Gasteiger partial charge in [0.2, 0.25) is 0 Å². The van der Waals surface area contributed by atoms with Crippen LogP contribution in [-0.2, 0) is 9.47 Å². The molecule has 1 aromatic carbocycles. The average Bonchev–Trinajstić information content (AvgIpc) is 2.34. The minimum Gasteiger partial charge on any atom is -0.489 e. The molecule has 4 nitrogen and oxygen atoms in total. The van der Waals surface area contributed by atoms with Crippen molar-refractivity contribution in [2.45, 2.75) is 6.42 Å². The predicted molar refractivity (Wildman–Crippen MR) is 76.3 cm³/mol. The summed E-state index contributed by atoms with van der Waals surface area (Å²) in [6, 6.07) is 2.84. The molecule has 0 aromatic heterocycles. The summed E-state index contributed by atoms with van der Waals surface area (Å²) >= 11 is 1.88. The first-order chi connectivity index (χ1) is 8.65. The quantitative estimate of drug-likeness (QED) is 0.435. The van der Waals surface area contributed by atoms with Crippen molar-refractivity contribution in [3.63, 3.8) is 0 Å². The van der Waals surface area contributed by atoms with Crippen LogP contribution in [0.5, 0.6) is 5.75 Å². The Hall–Kier alpha value is -0.600. The lowest BCUT2D eigenvalue weighted by atomic mass is 10.3. The Morgan fingerprint density at radius 3 is 2.72 bits per heavy atom. The van der Waals surface area contributed by atoms with E-state index >= 15 is 0 Å². The molecular formula is C12H17FINO3. The molecule has 0 bridgehead atoms. The number of hydrogen-bond acceptors (Lipinski definition) is 4. The van der Waals surface area contributed by atoms with Gasteiger partial charge in [-0.15, -0.1) is 0 Å². The van der Waals surface area contributed by atoms with Gasteiger partial charge in [-0.2, -0.15) is 0 Å². The smallest absolute Gasteiger partial charge is 0.145 e. The van der Waals surface area contributed by atoms with Crippen molar-refractivity contribution in [3.8, 4) is 5.75 Å². The molecule has 0 radical (unpaired) electrons. The van der Waals surface area contributed by atoms with E-state index in [0.717, 1.165) is 6.42 Å². The van der Waals surface area contributed by atoms with Gasteiger partial charge in [-0.1, -0.05) is 0 Å². The molecule has 18 heavy (non-hydrogen) atoms. The monoisotopic (exact) mass is 369 g/mol. The van der Waals surface area contributed by atoms with Crippen molar-refractivity contribution in [2.75, 3.05) is 39.3 Å². The molecule has 0 spiro atoms. The maximum absolute atomic E-state index is 13.3. The molecular weight excluding hydrogens is 352 g/mol. The molecule has 0 aliphatic rings. The maximum atomic E-state index is 13.3. The van der Waals surface area contributed by atoms with Crippen LogP contribution in [0.2, 0.25) is 0 Å². The summed E-state index contributed by atoms with van der Waals surface area (Å²) in [6.07, 6.45) is 0.844. The van der Waals surface area contributed by atoms with E-state index in [0.29, 0.717) is 41.4 Å². The Bertz CT molecular complexity index is 377. The highest BCUT2D eigenvalue weighted by Crippen LogP contribution is 2.26. The van der Waals surface area contributed by atoms with Crippen LogP contribution in [-0.4, -0.2) is 33.5 Å². The molecule has 0 heterocycles. The van der Waals surface area contributed by atoms with Crippen LogP contribution in [0, 0.1) is 9.39 Å². The van der Waals surface area contributed by atoms with Gasteiger partial charge in [-0.3, -0.25) is 0 Å². The third-order valence-electron chi connectivity index (χ3n) is 2.18. The Morgan fingerprint density at radius 2 is 2.00 bits per heavy atom. The highest BCUT2D eigenvalue weighted by atomic mass is 127. The van der Waals surface area contributed by atoms with Crippen molar-refractivity contribution >= 4 is 28.3 Å². The molecule has 6 heteroatoms. The summed E-state index contributed by atoms with van der Waals surface area (Å²) in [5.74, 6) is 0.0224. The summed E-state index contributed by atoms with van der Waals surface area (Å²) in [4.78, 5) is 0. The van der Waals surface area contributed by atoms with Gasteiger partial charge in [0, 0.05) is 26.4 Å². The Kier molecular flexibility index (Phi) is 7.29. The molecule has 0 aliphatic heterocycles. The largest absolute Gasteiger partial charge is 0.489 e. The highest BCUT2D eigenvalue weighted by molar-refractivity contribution is 14.1. The van der Waals surface area contributed by atoms with Gasteiger partial charge < -0.3 is 19.9 Å². The number of anilines is 1. The predicted octanol–water partition coefficient (Wildman–Crippen LogP) is 2.44. The van der Waals surface area contributed by atoms with Gasteiger partial charge in [0.15, 0.2) is 0 Å². The molecule has 0 fully saturated rings. The van der Waals surface area contributed by atoms with Crippen molar-refractivity contribution in [2.24, 2.45) is 0 Å². The number of ether oxygens (including phenoxy) is 3. The van der Waals surface area contributed by atoms with Crippen LogP contribution in [0.25, 0.3) is 0 Å². The summed E-state index contributed by atoms with van der Waals surface area (Å²) in [7, 11) is 1.65. The van der Waals surface area contributed by atoms with E-state index in [2.05, 4.69) is 0 Å². The van der Waals surface area contributed by atoms with E-state index in [1.165, 1.54) is 6.07 Å². The first-order valence-corrected chi connectivity index (χ1v) is 6.67. The second kappa shape index (κ2) is 8.49. The zero-order chi connectivity index (χ0) is 13.4. The van der Waals surface area contributed by atoms with Gasteiger partial charge in [0.05, 0.1) is 15.9 Å². The number of benzene rings is 1. The first-order valence-electron chi connectivity index (χ1n) is 5.59. The van der Waals surface area contributed by atoms with Crippen LogP contribution in [0.15, 0.2) is 12.1 Å². The van der Waals surface area contributed by atoms with E-state index < -0.39 is 0 Å². The average molecular weight is 369 g/mol. The zero-order valence-electron chi connectivity index (χ0n) is 10.2. The third kappa shape index (κ3) is 5.36. The van der Waals surface area contributed by atoms with Crippen molar-refractivity contribution in [1.29, 1.82) is 0 Å². The van der Waals surface area contributed by atoms with Crippen LogP contribution < -0.4 is 10.5 Å². The third-order valence-corrected chi connectivity index (χ3v) is 3.00. The molecule has 0 saturated heterocycles. The number of halogens is 2. The molecule has 0 amide bonds. The normalized spacial score (nSPS) is 10.6. The standard InChI is InChI=1S/C12H17FINO3/c1-16-3-2-4-17-5-6-18-12-7-9(13)10(14)8-11(12)15/h7-8H,2-6,15H2,1H3. The topological polar surface area (TPSA) is 53.7 Å². The van der Waals surface area contributed by atoms with E-state index in [4.69, 9.17) is 19.9 Å². The van der Waals surface area contributed by atoms with Crippen LogP contribution in [0.4, 0.5) is 10.1 Å². The fourth-order valence-electron chi connectivity index (χ4n) is 1.29. The van der Waals surface area contributed by atoms with Gasteiger partial charge in [0.1, 0.15) is 18.2 Å². The number of methoxy groups -OCH3 is 1. The van der Waals surface area contributed by atoms with E-state index in [1.807, 2.05) is 22.6 Å². The van der Waals surface area contributed by atoms with Gasteiger partial charge >= 0.3 is 0 Å². The fraction of sp³-hybridized carbons (Fsp3) is 0.500. The Labute approximate surface area is 120 Å². The van der Waals surface area contributed by atoms with Crippen molar-refractivity contribution < 1.29 is 18.6 Å². The molecule has 0 unspecified atom stereocenters. The second-order valence-corrected chi connectivity index (χ2v) is 4.77. The molecule has 1 rings (SSSR count). The Morgan fingerprint density at radius 1 is 1.22 bits per heavy atom. The maximum Gasteiger partial charge on any atom is 0.145 e. The molecule has 0 aliphatic carbocycles. The van der Waals surface area contributed by atoms with Gasteiger partial charge in [-0.25, -0.2) is 4.39 Å². The zero-order valence-corrected chi connectivity index (χ0v) is 12.4. The van der Waals surface area contributed by atoms with Crippen molar-refractivity contribution in [3.05, 3.63) is 21.5 Å². The highest BCUT2D eigenvalue weighted by Gasteiger charge is 2.06. The van der Waals surface area contributed by atoms with E-state index in [9.17, 15) is 4.39 Å². The first kappa shape index (κ1) is 15.5. The lowest BCUT2D eigenvalue weighted by Gasteiger charge is -2.10. The SMILES string of the molecule is COCCCOCCOc1cc(F)c(I)cc1N. The molecule has 2 N–H and O–H groups in total. The van der Waals surface area contributed by atoms with E-state index in [-0.39, 0.29) is 5.82 Å². The summed E-state index contributed by atoms with van der Waals surface area (Å²) in [5, 5.41) is 0. The number of rotatable bonds is 8. The fourth-order valence-corrected chi connectivity index (χ4v) is 1.78. The van der Waals surface area contributed by atoms with E-state index in [1.54, 1.807) is 13.2 Å².